The molecular weight excluding hydrogens is 410 g/mol. The van der Waals surface area contributed by atoms with Crippen LogP contribution in [-0.2, 0) is 9.59 Å². The van der Waals surface area contributed by atoms with E-state index in [4.69, 9.17) is 5.11 Å². The van der Waals surface area contributed by atoms with Crippen LogP contribution in [-0.4, -0.2) is 38.7 Å². The molecule has 1 aliphatic rings. The zero-order valence-electron chi connectivity index (χ0n) is 12.6. The van der Waals surface area contributed by atoms with Crippen LogP contribution in [0.4, 0.5) is 0 Å². The lowest BCUT2D eigenvalue weighted by Crippen LogP contribution is -2.26. The number of carboxylic acid groups (broad SMARTS) is 1. The van der Waals surface area contributed by atoms with Gasteiger partial charge in [0.15, 0.2) is 5.17 Å². The summed E-state index contributed by atoms with van der Waals surface area (Å²) in [6, 6.07) is 8.99. The molecule has 0 radical (unpaired) electrons. The summed E-state index contributed by atoms with van der Waals surface area (Å²) in [6.45, 7) is 0. The minimum absolute atomic E-state index is 0.0608. The van der Waals surface area contributed by atoms with E-state index in [-0.39, 0.29) is 17.3 Å². The molecular formula is C16H12BrN3O4S. The lowest BCUT2D eigenvalue weighted by molar-refractivity contribution is -0.138. The fourth-order valence-corrected chi connectivity index (χ4v) is 3.63. The van der Waals surface area contributed by atoms with Crippen molar-refractivity contribution in [3.05, 3.63) is 40.4 Å². The molecule has 1 saturated heterocycles. The van der Waals surface area contributed by atoms with Gasteiger partial charge < -0.3 is 15.5 Å². The minimum Gasteiger partial charge on any atom is -0.507 e. The molecule has 2 aromatic carbocycles. The van der Waals surface area contributed by atoms with E-state index in [1.807, 2.05) is 18.2 Å². The first-order valence-corrected chi connectivity index (χ1v) is 8.83. The van der Waals surface area contributed by atoms with Gasteiger partial charge in [-0.2, -0.15) is 5.10 Å². The number of amides is 1. The number of aliphatic carboxylic acids is 1. The van der Waals surface area contributed by atoms with E-state index in [1.54, 1.807) is 12.1 Å². The van der Waals surface area contributed by atoms with E-state index in [0.717, 1.165) is 27.0 Å². The predicted octanol–water partition coefficient (Wildman–Crippen LogP) is 2.70. The number of amidine groups is 1. The van der Waals surface area contributed by atoms with Crippen molar-refractivity contribution in [3.63, 3.8) is 0 Å². The second-order valence-electron chi connectivity index (χ2n) is 5.21. The van der Waals surface area contributed by atoms with E-state index in [9.17, 15) is 14.7 Å². The third-order valence-corrected chi connectivity index (χ3v) is 5.04. The maximum Gasteiger partial charge on any atom is 0.305 e. The molecule has 0 aliphatic carbocycles. The van der Waals surface area contributed by atoms with Crippen molar-refractivity contribution < 1.29 is 19.8 Å². The van der Waals surface area contributed by atoms with Crippen LogP contribution >= 0.6 is 27.7 Å². The molecule has 3 rings (SSSR count). The lowest BCUT2D eigenvalue weighted by atomic mass is 10.0. The van der Waals surface area contributed by atoms with Gasteiger partial charge in [0.25, 0.3) is 0 Å². The van der Waals surface area contributed by atoms with Gasteiger partial charge in [0.1, 0.15) is 11.0 Å². The molecule has 9 heteroatoms. The Hall–Kier alpha value is -2.39. The summed E-state index contributed by atoms with van der Waals surface area (Å²) in [7, 11) is 0. The number of phenols is 1. The summed E-state index contributed by atoms with van der Waals surface area (Å²) in [4.78, 5) is 22.3. The van der Waals surface area contributed by atoms with Crippen LogP contribution in [0.15, 0.2) is 45.0 Å². The van der Waals surface area contributed by atoms with Gasteiger partial charge >= 0.3 is 5.97 Å². The van der Waals surface area contributed by atoms with Crippen molar-refractivity contribution in [2.45, 2.75) is 11.7 Å². The van der Waals surface area contributed by atoms with Crippen LogP contribution < -0.4 is 5.32 Å². The van der Waals surface area contributed by atoms with Crippen molar-refractivity contribution in [1.29, 1.82) is 0 Å². The molecule has 0 bridgehead atoms. The Labute approximate surface area is 155 Å². The van der Waals surface area contributed by atoms with Gasteiger partial charge in [-0.15, -0.1) is 5.10 Å². The number of phenolic OH excluding ortho intramolecular Hbond substituents is 1. The molecule has 1 amide bonds. The number of carbonyl (C=O) groups excluding carboxylic acids is 1. The third kappa shape index (κ3) is 3.99. The second kappa shape index (κ2) is 7.24. The van der Waals surface area contributed by atoms with Crippen molar-refractivity contribution in [2.24, 2.45) is 10.2 Å². The standard InChI is InChI=1S/C16H12BrN3O4S/c17-9-2-3-10-8(5-9)1-4-12(21)11(10)7-18-20-16-19-15(24)13(25-16)6-14(22)23/h1-5,7,13,21H,6H2,(H,22,23)(H,19,20,24). The SMILES string of the molecule is O=C(O)CC1SC(=NN=Cc2c(O)ccc3cc(Br)ccc23)NC1=O. The number of halogens is 1. The Morgan fingerprint density at radius 1 is 1.36 bits per heavy atom. The molecule has 7 nitrogen and oxygen atoms in total. The maximum absolute atomic E-state index is 11.6. The molecule has 25 heavy (non-hydrogen) atoms. The Morgan fingerprint density at radius 2 is 2.16 bits per heavy atom. The number of benzene rings is 2. The van der Waals surface area contributed by atoms with Gasteiger partial charge in [-0.05, 0) is 29.0 Å². The van der Waals surface area contributed by atoms with Gasteiger partial charge in [-0.3, -0.25) is 9.59 Å². The summed E-state index contributed by atoms with van der Waals surface area (Å²) in [5.74, 6) is -1.39. The monoisotopic (exact) mass is 421 g/mol. The van der Waals surface area contributed by atoms with E-state index in [0.29, 0.717) is 5.56 Å². The topological polar surface area (TPSA) is 111 Å². The van der Waals surface area contributed by atoms with Gasteiger partial charge in [-0.25, -0.2) is 0 Å². The minimum atomic E-state index is -1.05. The summed E-state index contributed by atoms with van der Waals surface area (Å²) in [5.41, 5.74) is 0.505. The number of carboxylic acids is 1. The average molecular weight is 422 g/mol. The van der Waals surface area contributed by atoms with E-state index >= 15 is 0 Å². The zero-order chi connectivity index (χ0) is 18.0. The average Bonchev–Trinajstić information content (AvgIpc) is 2.88. The molecule has 0 spiro atoms. The second-order valence-corrected chi connectivity index (χ2v) is 7.31. The number of fused-ring (bicyclic) bond motifs is 1. The summed E-state index contributed by atoms with van der Waals surface area (Å²) in [5, 5.41) is 30.4. The van der Waals surface area contributed by atoms with Gasteiger partial charge in [0.05, 0.1) is 12.6 Å². The van der Waals surface area contributed by atoms with Crippen LogP contribution in [0.2, 0.25) is 0 Å². The molecule has 1 atom stereocenters. The molecule has 2 aromatic rings. The Balaban J connectivity index is 1.83. The Bertz CT molecular complexity index is 929. The number of carbonyl (C=O) groups is 2. The lowest BCUT2D eigenvalue weighted by Gasteiger charge is -2.04. The van der Waals surface area contributed by atoms with E-state index < -0.39 is 17.1 Å². The Kier molecular flexibility index (Phi) is 5.05. The molecule has 1 unspecified atom stereocenters. The number of nitrogens with zero attached hydrogens (tertiary/aromatic N) is 2. The summed E-state index contributed by atoms with van der Waals surface area (Å²) >= 11 is 4.42. The molecule has 0 aromatic heterocycles. The van der Waals surface area contributed by atoms with Crippen molar-refractivity contribution in [3.8, 4) is 5.75 Å². The van der Waals surface area contributed by atoms with E-state index in [2.05, 4.69) is 31.4 Å². The Morgan fingerprint density at radius 3 is 2.92 bits per heavy atom. The highest BCUT2D eigenvalue weighted by Crippen LogP contribution is 2.28. The highest BCUT2D eigenvalue weighted by Gasteiger charge is 2.32. The molecule has 0 saturated carbocycles. The van der Waals surface area contributed by atoms with Crippen LogP contribution in [0.5, 0.6) is 5.75 Å². The molecule has 1 heterocycles. The zero-order valence-corrected chi connectivity index (χ0v) is 15.0. The highest BCUT2D eigenvalue weighted by atomic mass is 79.9. The fourth-order valence-electron chi connectivity index (χ4n) is 2.33. The van der Waals surface area contributed by atoms with Gasteiger partial charge in [-0.1, -0.05) is 39.8 Å². The highest BCUT2D eigenvalue weighted by molar-refractivity contribution is 9.10. The van der Waals surface area contributed by atoms with Gasteiger partial charge in [0.2, 0.25) is 5.91 Å². The first-order chi connectivity index (χ1) is 11.9. The first-order valence-electron chi connectivity index (χ1n) is 7.15. The maximum atomic E-state index is 11.6. The van der Waals surface area contributed by atoms with E-state index in [1.165, 1.54) is 6.21 Å². The first kappa shape index (κ1) is 17.4. The normalized spacial score (nSPS) is 19.0. The number of nitrogens with one attached hydrogen (secondary N) is 1. The van der Waals surface area contributed by atoms with Crippen LogP contribution in [0.25, 0.3) is 10.8 Å². The predicted molar refractivity (Wildman–Crippen MR) is 100 cm³/mol. The molecule has 128 valence electrons. The summed E-state index contributed by atoms with van der Waals surface area (Å²) < 4.78 is 0.920. The largest absolute Gasteiger partial charge is 0.507 e. The number of thioether (sulfide) groups is 1. The van der Waals surface area contributed by atoms with Crippen LogP contribution in [0, 0.1) is 0 Å². The number of aromatic hydroxyl groups is 1. The molecule has 1 fully saturated rings. The number of hydrogen-bond acceptors (Lipinski definition) is 6. The molecule has 1 aliphatic heterocycles. The van der Waals surface area contributed by atoms with Crippen molar-refractivity contribution in [2.75, 3.05) is 0 Å². The van der Waals surface area contributed by atoms with Crippen LogP contribution in [0.1, 0.15) is 12.0 Å². The fraction of sp³-hybridized carbons (Fsp3) is 0.125. The molecule has 3 N–H and O–H groups in total. The van der Waals surface area contributed by atoms with Crippen molar-refractivity contribution >= 4 is 61.7 Å². The number of rotatable bonds is 4. The number of hydrogen-bond donors (Lipinski definition) is 3. The summed E-state index contributed by atoms with van der Waals surface area (Å²) in [6.07, 6.45) is 1.12. The van der Waals surface area contributed by atoms with Gasteiger partial charge in [0, 0.05) is 10.0 Å². The smallest absolute Gasteiger partial charge is 0.305 e. The third-order valence-electron chi connectivity index (χ3n) is 3.47. The van der Waals surface area contributed by atoms with Crippen LogP contribution in [0.3, 0.4) is 0 Å². The quantitative estimate of drug-likeness (QED) is 0.518. The van der Waals surface area contributed by atoms with Crippen molar-refractivity contribution in [1.82, 2.24) is 5.32 Å².